The first-order valence-corrected chi connectivity index (χ1v) is 7.02. The second kappa shape index (κ2) is 5.12. The molecule has 0 saturated heterocycles. The van der Waals surface area contributed by atoms with Gasteiger partial charge >= 0.3 is 0 Å². The Bertz CT molecular complexity index is 614. The molecule has 1 aliphatic heterocycles. The van der Waals surface area contributed by atoms with Crippen molar-refractivity contribution in [3.8, 4) is 0 Å². The number of fused-ring (bicyclic) bond motifs is 2. The van der Waals surface area contributed by atoms with Crippen molar-refractivity contribution in [2.75, 3.05) is 5.33 Å². The second-order valence-corrected chi connectivity index (χ2v) is 5.64. The van der Waals surface area contributed by atoms with Crippen LogP contribution in [0.15, 0.2) is 34.2 Å². The third kappa shape index (κ3) is 2.18. The highest BCUT2D eigenvalue weighted by Crippen LogP contribution is 2.30. The number of alkyl halides is 1. The van der Waals surface area contributed by atoms with Gasteiger partial charge in [0.05, 0.1) is 10.9 Å². The number of para-hydroxylation sites is 1. The van der Waals surface area contributed by atoms with Crippen LogP contribution in [0.1, 0.15) is 0 Å². The predicted octanol–water partition coefficient (Wildman–Crippen LogP) is 2.84. The number of halogens is 2. The second-order valence-electron chi connectivity index (χ2n) is 3.72. The van der Waals surface area contributed by atoms with E-state index in [0.717, 1.165) is 22.5 Å². The highest BCUT2D eigenvalue weighted by atomic mass is 79.9. The summed E-state index contributed by atoms with van der Waals surface area (Å²) in [5.74, 6) is 0. The quantitative estimate of drug-likeness (QED) is 0.566. The third-order valence-electron chi connectivity index (χ3n) is 2.66. The smallest absolute Gasteiger partial charge is 0.262 e. The van der Waals surface area contributed by atoms with Gasteiger partial charge in [-0.15, -0.1) is 17.0 Å². The zero-order chi connectivity index (χ0) is 11.1. The molecular formula is C11H10Br2N2OS. The van der Waals surface area contributed by atoms with Crippen molar-refractivity contribution in [2.24, 2.45) is 0 Å². The zero-order valence-electron chi connectivity index (χ0n) is 8.80. The normalized spacial score (nSPS) is 17.8. The van der Waals surface area contributed by atoms with E-state index in [2.05, 4.69) is 20.9 Å². The van der Waals surface area contributed by atoms with E-state index in [-0.39, 0.29) is 22.5 Å². The Hall–Kier alpha value is -0.330. The molecule has 90 valence electrons. The van der Waals surface area contributed by atoms with E-state index < -0.39 is 0 Å². The molecule has 3 nitrogen and oxygen atoms in total. The zero-order valence-corrected chi connectivity index (χ0v) is 12.9. The number of nitrogens with zero attached hydrogens (tertiary/aromatic N) is 2. The van der Waals surface area contributed by atoms with Gasteiger partial charge in [0, 0.05) is 17.1 Å². The van der Waals surface area contributed by atoms with E-state index in [0.29, 0.717) is 10.6 Å². The minimum Gasteiger partial charge on any atom is -0.286 e. The molecule has 0 amide bonds. The fraction of sp³-hybridized carbons (Fsp3) is 0.273. The summed E-state index contributed by atoms with van der Waals surface area (Å²) in [6, 6.07) is 7.51. The van der Waals surface area contributed by atoms with Crippen LogP contribution in [-0.4, -0.2) is 20.1 Å². The highest BCUT2D eigenvalue weighted by Gasteiger charge is 2.24. The van der Waals surface area contributed by atoms with Crippen molar-refractivity contribution in [2.45, 2.75) is 17.0 Å². The molecule has 0 spiro atoms. The maximum Gasteiger partial charge on any atom is 0.262 e. The molecule has 17 heavy (non-hydrogen) atoms. The molecule has 0 saturated carbocycles. The van der Waals surface area contributed by atoms with Gasteiger partial charge in [-0.1, -0.05) is 39.8 Å². The van der Waals surface area contributed by atoms with Crippen LogP contribution in [0.5, 0.6) is 0 Å². The van der Waals surface area contributed by atoms with E-state index >= 15 is 0 Å². The summed E-state index contributed by atoms with van der Waals surface area (Å²) in [6.07, 6.45) is 0. The van der Waals surface area contributed by atoms with Crippen LogP contribution in [0.25, 0.3) is 10.9 Å². The SMILES string of the molecule is Br.O=c1c2ccccc2nc2n1CC(CBr)S2. The molecule has 0 radical (unpaired) electrons. The molecule has 0 aliphatic carbocycles. The molecule has 0 N–H and O–H groups in total. The van der Waals surface area contributed by atoms with Crippen LogP contribution >= 0.6 is 44.7 Å². The van der Waals surface area contributed by atoms with E-state index in [1.54, 1.807) is 16.3 Å². The molecular weight excluding hydrogens is 368 g/mol. The van der Waals surface area contributed by atoms with Crippen LogP contribution in [-0.2, 0) is 6.54 Å². The Morgan fingerprint density at radius 2 is 2.24 bits per heavy atom. The van der Waals surface area contributed by atoms with Crippen molar-refractivity contribution < 1.29 is 0 Å². The fourth-order valence-electron chi connectivity index (χ4n) is 1.87. The summed E-state index contributed by atoms with van der Waals surface area (Å²) < 4.78 is 1.78. The number of aromatic nitrogens is 2. The van der Waals surface area contributed by atoms with Crippen LogP contribution in [0.2, 0.25) is 0 Å². The molecule has 1 atom stereocenters. The summed E-state index contributed by atoms with van der Waals surface area (Å²) in [4.78, 5) is 16.7. The molecule has 2 heterocycles. The number of thioether (sulfide) groups is 1. The molecule has 6 heteroatoms. The lowest BCUT2D eigenvalue weighted by atomic mass is 10.2. The maximum atomic E-state index is 12.2. The van der Waals surface area contributed by atoms with E-state index in [4.69, 9.17) is 0 Å². The average Bonchev–Trinajstić information content (AvgIpc) is 2.73. The minimum atomic E-state index is 0. The largest absolute Gasteiger partial charge is 0.286 e. The first kappa shape index (κ1) is 13.1. The first-order valence-electron chi connectivity index (χ1n) is 5.02. The molecule has 1 unspecified atom stereocenters. The van der Waals surface area contributed by atoms with Gasteiger partial charge in [0.25, 0.3) is 5.56 Å². The number of hydrogen-bond acceptors (Lipinski definition) is 3. The number of rotatable bonds is 1. The van der Waals surface area contributed by atoms with Crippen molar-refractivity contribution in [1.82, 2.24) is 9.55 Å². The van der Waals surface area contributed by atoms with Gasteiger partial charge in [0.1, 0.15) is 0 Å². The number of hydrogen-bond donors (Lipinski definition) is 0. The van der Waals surface area contributed by atoms with Crippen LogP contribution < -0.4 is 5.56 Å². The molecule has 3 rings (SSSR count). The molecule has 0 fully saturated rings. The van der Waals surface area contributed by atoms with E-state index in [1.165, 1.54) is 0 Å². The van der Waals surface area contributed by atoms with Crippen molar-refractivity contribution in [3.63, 3.8) is 0 Å². The lowest BCUT2D eigenvalue weighted by Gasteiger charge is -2.02. The summed E-state index contributed by atoms with van der Waals surface area (Å²) >= 11 is 5.12. The minimum absolute atomic E-state index is 0. The lowest BCUT2D eigenvalue weighted by molar-refractivity contribution is 0.632. The maximum absolute atomic E-state index is 12.2. The molecule has 2 aromatic rings. The standard InChI is InChI=1S/C11H9BrN2OS.BrH/c12-5-7-6-14-10(15)8-3-1-2-4-9(8)13-11(14)16-7;/h1-4,7H,5-6H2;1H. The predicted molar refractivity (Wildman–Crippen MR) is 79.8 cm³/mol. The van der Waals surface area contributed by atoms with Gasteiger partial charge < -0.3 is 0 Å². The Morgan fingerprint density at radius 1 is 1.47 bits per heavy atom. The topological polar surface area (TPSA) is 34.9 Å². The lowest BCUT2D eigenvalue weighted by Crippen LogP contribution is -2.22. The summed E-state index contributed by atoms with van der Waals surface area (Å²) in [5, 5.41) is 2.85. The Balaban J connectivity index is 0.00000108. The molecule has 1 aliphatic rings. The Kier molecular flexibility index (Phi) is 3.95. The molecule has 1 aromatic heterocycles. The Morgan fingerprint density at radius 3 is 3.00 bits per heavy atom. The van der Waals surface area contributed by atoms with Gasteiger partial charge in [-0.05, 0) is 12.1 Å². The highest BCUT2D eigenvalue weighted by molar-refractivity contribution is 9.09. The van der Waals surface area contributed by atoms with Gasteiger partial charge in [0.15, 0.2) is 5.16 Å². The first-order chi connectivity index (χ1) is 7.79. The van der Waals surface area contributed by atoms with Crippen molar-refractivity contribution >= 4 is 55.6 Å². The summed E-state index contributed by atoms with van der Waals surface area (Å²) in [7, 11) is 0. The third-order valence-corrected chi connectivity index (χ3v) is 5.04. The number of benzene rings is 1. The van der Waals surface area contributed by atoms with Gasteiger partial charge in [-0.25, -0.2) is 4.98 Å². The van der Waals surface area contributed by atoms with Crippen molar-refractivity contribution in [1.29, 1.82) is 0 Å². The van der Waals surface area contributed by atoms with Gasteiger partial charge in [-0.2, -0.15) is 0 Å². The van der Waals surface area contributed by atoms with Crippen LogP contribution in [0.4, 0.5) is 0 Å². The molecule has 1 aromatic carbocycles. The average molecular weight is 378 g/mol. The molecule has 0 bridgehead atoms. The van der Waals surface area contributed by atoms with E-state index in [1.807, 2.05) is 24.3 Å². The van der Waals surface area contributed by atoms with Gasteiger partial charge in [0.2, 0.25) is 0 Å². The van der Waals surface area contributed by atoms with Gasteiger partial charge in [-0.3, -0.25) is 9.36 Å². The van der Waals surface area contributed by atoms with E-state index in [9.17, 15) is 4.79 Å². The fourth-order valence-corrected chi connectivity index (χ4v) is 3.49. The van der Waals surface area contributed by atoms with Crippen LogP contribution in [0, 0.1) is 0 Å². The monoisotopic (exact) mass is 376 g/mol. The summed E-state index contributed by atoms with van der Waals surface area (Å²) in [5.41, 5.74) is 0.873. The summed E-state index contributed by atoms with van der Waals surface area (Å²) in [6.45, 7) is 0.752. The Labute approximate surface area is 122 Å². The van der Waals surface area contributed by atoms with Crippen molar-refractivity contribution in [3.05, 3.63) is 34.6 Å². The van der Waals surface area contributed by atoms with Crippen LogP contribution in [0.3, 0.4) is 0 Å².